The number of hydrazine groups is 1. The number of anilines is 1. The van der Waals surface area contributed by atoms with Gasteiger partial charge in [-0.05, 0) is 60.6 Å². The first-order valence-corrected chi connectivity index (χ1v) is 10.2. The van der Waals surface area contributed by atoms with Gasteiger partial charge in [-0.2, -0.15) is 0 Å². The van der Waals surface area contributed by atoms with E-state index < -0.39 is 5.91 Å². The summed E-state index contributed by atoms with van der Waals surface area (Å²) in [5.74, 6) is -0.823. The van der Waals surface area contributed by atoms with Crippen LogP contribution in [0.1, 0.15) is 42.1 Å². The molecule has 0 spiro atoms. The number of amides is 3. The molecule has 0 bridgehead atoms. The SMILES string of the molecule is CCCCC(=O)Nc1ccc(C(=O)NNC(=S)NC(=O)Cc2ccc(Cl)cc2)cc1. The van der Waals surface area contributed by atoms with E-state index >= 15 is 0 Å². The van der Waals surface area contributed by atoms with Crippen molar-refractivity contribution in [3.8, 4) is 0 Å². The number of halogens is 1. The van der Waals surface area contributed by atoms with Gasteiger partial charge in [0.15, 0.2) is 5.11 Å². The van der Waals surface area contributed by atoms with E-state index in [2.05, 4.69) is 21.5 Å². The number of rotatable bonds is 7. The Labute approximate surface area is 185 Å². The van der Waals surface area contributed by atoms with E-state index in [1.807, 2.05) is 6.92 Å². The summed E-state index contributed by atoms with van der Waals surface area (Å²) in [6.45, 7) is 2.02. The monoisotopic (exact) mass is 446 g/mol. The molecule has 0 aliphatic carbocycles. The van der Waals surface area contributed by atoms with E-state index in [0.29, 0.717) is 22.7 Å². The van der Waals surface area contributed by atoms with E-state index in [4.69, 9.17) is 23.8 Å². The smallest absolute Gasteiger partial charge is 0.269 e. The Hall–Kier alpha value is -2.97. The molecule has 0 unspecified atom stereocenters. The molecule has 9 heteroatoms. The van der Waals surface area contributed by atoms with Gasteiger partial charge in [0.2, 0.25) is 11.8 Å². The Morgan fingerprint density at radius 3 is 2.23 bits per heavy atom. The Bertz CT molecular complexity index is 901. The van der Waals surface area contributed by atoms with Crippen LogP contribution in [-0.4, -0.2) is 22.8 Å². The Balaban J connectivity index is 1.76. The number of carbonyl (C=O) groups is 3. The molecule has 0 fully saturated rings. The molecule has 0 aliphatic heterocycles. The summed E-state index contributed by atoms with van der Waals surface area (Å²) < 4.78 is 0. The predicted molar refractivity (Wildman–Crippen MR) is 121 cm³/mol. The second kappa shape index (κ2) is 11.9. The number of hydrogen-bond acceptors (Lipinski definition) is 4. The molecule has 0 saturated heterocycles. The maximum atomic E-state index is 12.2. The molecule has 3 amide bonds. The Morgan fingerprint density at radius 2 is 1.60 bits per heavy atom. The first-order chi connectivity index (χ1) is 14.4. The highest BCUT2D eigenvalue weighted by molar-refractivity contribution is 7.80. The number of hydrogen-bond donors (Lipinski definition) is 4. The normalized spacial score (nSPS) is 10.1. The van der Waals surface area contributed by atoms with Gasteiger partial charge in [-0.15, -0.1) is 0 Å². The largest absolute Gasteiger partial charge is 0.326 e. The number of nitrogens with one attached hydrogen (secondary N) is 4. The highest BCUT2D eigenvalue weighted by Gasteiger charge is 2.09. The van der Waals surface area contributed by atoms with Crippen molar-refractivity contribution in [3.63, 3.8) is 0 Å². The van der Waals surface area contributed by atoms with E-state index in [1.165, 1.54) is 0 Å². The first kappa shape index (κ1) is 23.3. The lowest BCUT2D eigenvalue weighted by Gasteiger charge is -2.11. The van der Waals surface area contributed by atoms with Crippen LogP contribution in [-0.2, 0) is 16.0 Å². The predicted octanol–water partition coefficient (Wildman–Crippen LogP) is 3.35. The van der Waals surface area contributed by atoms with E-state index in [-0.39, 0.29) is 23.3 Å². The van der Waals surface area contributed by atoms with Gasteiger partial charge in [-0.25, -0.2) is 0 Å². The third-order valence-electron chi connectivity index (χ3n) is 4.01. The standard InChI is InChI=1S/C21H23ClN4O3S/c1-2-3-4-18(27)23-17-11-7-15(8-12-17)20(29)25-26-21(30)24-19(28)13-14-5-9-16(22)10-6-14/h5-12H,2-4,13H2,1H3,(H,23,27)(H,25,29)(H2,24,26,28,30). The highest BCUT2D eigenvalue weighted by atomic mass is 35.5. The van der Waals surface area contributed by atoms with Crippen LogP contribution in [0.4, 0.5) is 5.69 Å². The van der Waals surface area contributed by atoms with Crippen LogP contribution in [0.3, 0.4) is 0 Å². The van der Waals surface area contributed by atoms with Crippen molar-refractivity contribution in [2.45, 2.75) is 32.6 Å². The maximum Gasteiger partial charge on any atom is 0.269 e. The summed E-state index contributed by atoms with van der Waals surface area (Å²) in [7, 11) is 0. The average Bonchev–Trinajstić information content (AvgIpc) is 2.72. The number of benzene rings is 2. The van der Waals surface area contributed by atoms with Crippen molar-refractivity contribution >= 4 is 52.3 Å². The van der Waals surface area contributed by atoms with Gasteiger partial charge in [-0.1, -0.05) is 37.1 Å². The van der Waals surface area contributed by atoms with Crippen molar-refractivity contribution < 1.29 is 14.4 Å². The minimum absolute atomic E-state index is 0.0258. The maximum absolute atomic E-state index is 12.2. The fourth-order valence-corrected chi connectivity index (χ4v) is 2.73. The average molecular weight is 447 g/mol. The van der Waals surface area contributed by atoms with Crippen LogP contribution in [0.25, 0.3) is 0 Å². The molecule has 30 heavy (non-hydrogen) atoms. The summed E-state index contributed by atoms with van der Waals surface area (Å²) >= 11 is 10.8. The first-order valence-electron chi connectivity index (χ1n) is 9.42. The number of carbonyl (C=O) groups excluding carboxylic acids is 3. The van der Waals surface area contributed by atoms with E-state index in [1.54, 1.807) is 48.5 Å². The molecule has 0 aliphatic rings. The molecule has 0 saturated carbocycles. The molecule has 0 aromatic heterocycles. The van der Waals surface area contributed by atoms with Gasteiger partial charge in [0, 0.05) is 22.7 Å². The summed E-state index contributed by atoms with van der Waals surface area (Å²) in [5.41, 5.74) is 6.66. The highest BCUT2D eigenvalue weighted by Crippen LogP contribution is 2.11. The van der Waals surface area contributed by atoms with E-state index in [0.717, 1.165) is 18.4 Å². The number of thiocarbonyl (C=S) groups is 1. The van der Waals surface area contributed by atoms with E-state index in [9.17, 15) is 14.4 Å². The lowest BCUT2D eigenvalue weighted by atomic mass is 10.1. The van der Waals surface area contributed by atoms with Gasteiger partial charge in [0.1, 0.15) is 0 Å². The van der Waals surface area contributed by atoms with Gasteiger partial charge >= 0.3 is 0 Å². The quantitative estimate of drug-likeness (QED) is 0.386. The molecule has 2 aromatic carbocycles. The summed E-state index contributed by atoms with van der Waals surface area (Å²) in [6, 6.07) is 13.3. The summed E-state index contributed by atoms with van der Waals surface area (Å²) in [4.78, 5) is 35.9. The van der Waals surface area contributed by atoms with Crippen LogP contribution < -0.4 is 21.5 Å². The molecule has 7 nitrogen and oxygen atoms in total. The molecule has 4 N–H and O–H groups in total. The lowest BCUT2D eigenvalue weighted by molar-refractivity contribution is -0.119. The van der Waals surface area contributed by atoms with Crippen LogP contribution in [0.2, 0.25) is 5.02 Å². The second-order valence-corrected chi connectivity index (χ2v) is 7.33. The van der Waals surface area contributed by atoms with Gasteiger partial charge in [-0.3, -0.25) is 25.2 Å². The zero-order chi connectivity index (χ0) is 21.9. The zero-order valence-corrected chi connectivity index (χ0v) is 18.0. The molecular formula is C21H23ClN4O3S. The van der Waals surface area contributed by atoms with Crippen molar-refractivity contribution in [2.75, 3.05) is 5.32 Å². The molecule has 158 valence electrons. The van der Waals surface area contributed by atoms with Crippen LogP contribution in [0.5, 0.6) is 0 Å². The van der Waals surface area contributed by atoms with Crippen molar-refractivity contribution in [1.82, 2.24) is 16.2 Å². The molecular weight excluding hydrogens is 424 g/mol. The minimum Gasteiger partial charge on any atom is -0.326 e. The second-order valence-electron chi connectivity index (χ2n) is 6.49. The topological polar surface area (TPSA) is 99.3 Å². The minimum atomic E-state index is -0.437. The van der Waals surface area contributed by atoms with Crippen molar-refractivity contribution in [2.24, 2.45) is 0 Å². The fourth-order valence-electron chi connectivity index (χ4n) is 2.44. The van der Waals surface area contributed by atoms with Crippen LogP contribution in [0, 0.1) is 0 Å². The molecule has 2 aromatic rings. The Kier molecular flexibility index (Phi) is 9.24. The fraction of sp³-hybridized carbons (Fsp3) is 0.238. The lowest BCUT2D eigenvalue weighted by Crippen LogP contribution is -2.48. The third kappa shape index (κ3) is 8.18. The van der Waals surface area contributed by atoms with Gasteiger partial charge in [0.25, 0.3) is 5.91 Å². The summed E-state index contributed by atoms with van der Waals surface area (Å²) in [6.07, 6.45) is 2.36. The molecule has 0 heterocycles. The van der Waals surface area contributed by atoms with Gasteiger partial charge in [0.05, 0.1) is 6.42 Å². The van der Waals surface area contributed by atoms with Gasteiger partial charge < -0.3 is 10.6 Å². The van der Waals surface area contributed by atoms with Crippen LogP contribution >= 0.6 is 23.8 Å². The molecule has 0 radical (unpaired) electrons. The molecule has 0 atom stereocenters. The Morgan fingerprint density at radius 1 is 0.933 bits per heavy atom. The number of unbranched alkanes of at least 4 members (excludes halogenated alkanes) is 1. The summed E-state index contributed by atoms with van der Waals surface area (Å²) in [5, 5.41) is 5.82. The van der Waals surface area contributed by atoms with Crippen LogP contribution in [0.15, 0.2) is 48.5 Å². The molecule has 2 rings (SSSR count). The zero-order valence-electron chi connectivity index (χ0n) is 16.5. The van der Waals surface area contributed by atoms with Crippen molar-refractivity contribution in [1.29, 1.82) is 0 Å². The van der Waals surface area contributed by atoms with Crippen molar-refractivity contribution in [3.05, 3.63) is 64.7 Å². The third-order valence-corrected chi connectivity index (χ3v) is 4.46.